The van der Waals surface area contributed by atoms with Crippen molar-refractivity contribution in [2.75, 3.05) is 25.0 Å². The van der Waals surface area contributed by atoms with E-state index >= 15 is 0 Å². The van der Waals surface area contributed by atoms with Crippen LogP contribution in [0.15, 0.2) is 0 Å². The summed E-state index contributed by atoms with van der Waals surface area (Å²) in [6.45, 7) is 0.748. The number of rotatable bonds is 2. The number of carbonyl (C=O) groups is 1. The lowest BCUT2D eigenvalue weighted by Gasteiger charge is -2.32. The predicted octanol–water partition coefficient (Wildman–Crippen LogP) is 1.56. The summed E-state index contributed by atoms with van der Waals surface area (Å²) in [5, 5.41) is 0.517. The van der Waals surface area contributed by atoms with Gasteiger partial charge in [-0.1, -0.05) is 15.9 Å². The lowest BCUT2D eigenvalue weighted by Crippen LogP contribution is -2.47. The van der Waals surface area contributed by atoms with Crippen molar-refractivity contribution in [3.8, 4) is 0 Å². The number of halogens is 4. The third-order valence-electron chi connectivity index (χ3n) is 2.02. The van der Waals surface area contributed by atoms with Crippen molar-refractivity contribution in [2.45, 2.75) is 18.7 Å². The van der Waals surface area contributed by atoms with Gasteiger partial charge in [-0.25, -0.2) is 0 Å². The molecule has 1 rings (SSSR count). The molecule has 7 heteroatoms. The molecule has 0 aliphatic carbocycles. The van der Waals surface area contributed by atoms with Crippen LogP contribution in [0.4, 0.5) is 13.2 Å². The lowest BCUT2D eigenvalue weighted by atomic mass is 10.2. The fraction of sp³-hybridized carbons (Fsp3) is 0.875. The highest BCUT2D eigenvalue weighted by Crippen LogP contribution is 2.21. The second-order valence-electron chi connectivity index (χ2n) is 3.28. The average Bonchev–Trinajstić information content (AvgIpc) is 2.15. The molecule has 1 atom stereocenters. The Balaban J connectivity index is 2.45. The van der Waals surface area contributed by atoms with E-state index in [4.69, 9.17) is 4.74 Å². The lowest BCUT2D eigenvalue weighted by molar-refractivity contribution is -0.165. The molecule has 0 aromatic heterocycles. The van der Waals surface area contributed by atoms with Crippen molar-refractivity contribution in [2.24, 2.45) is 0 Å². The Labute approximate surface area is 93.7 Å². The largest absolute Gasteiger partial charge is 0.397 e. The summed E-state index contributed by atoms with van der Waals surface area (Å²) in [7, 11) is 0. The maximum absolute atomic E-state index is 12.0. The quantitative estimate of drug-likeness (QED) is 0.722. The van der Waals surface area contributed by atoms with E-state index in [2.05, 4.69) is 15.9 Å². The summed E-state index contributed by atoms with van der Waals surface area (Å²) < 4.78 is 41.1. The van der Waals surface area contributed by atoms with E-state index in [1.54, 1.807) is 0 Å². The standard InChI is InChI=1S/C8H11BrF3NO2/c9-4-6-5-13(1-2-15-6)7(14)3-8(10,11)12/h6H,1-5H2. The summed E-state index contributed by atoms with van der Waals surface area (Å²) in [5.74, 6) is -0.878. The van der Waals surface area contributed by atoms with E-state index in [0.717, 1.165) is 0 Å². The fourth-order valence-corrected chi connectivity index (χ4v) is 1.71. The molecule has 1 aliphatic heterocycles. The molecular formula is C8H11BrF3NO2. The van der Waals surface area contributed by atoms with Gasteiger partial charge in [-0.3, -0.25) is 4.79 Å². The smallest absolute Gasteiger partial charge is 0.374 e. The molecule has 1 amide bonds. The number of carbonyl (C=O) groups excluding carboxylic acids is 1. The highest BCUT2D eigenvalue weighted by atomic mass is 79.9. The Hall–Kier alpha value is -0.300. The molecule has 0 aromatic carbocycles. The van der Waals surface area contributed by atoms with Crippen LogP contribution in [0.2, 0.25) is 0 Å². The van der Waals surface area contributed by atoms with Crippen LogP contribution in [-0.2, 0) is 9.53 Å². The number of ether oxygens (including phenoxy) is 1. The van der Waals surface area contributed by atoms with Gasteiger partial charge in [0.1, 0.15) is 6.42 Å². The first-order valence-corrected chi connectivity index (χ1v) is 5.56. The number of hydrogen-bond acceptors (Lipinski definition) is 2. The van der Waals surface area contributed by atoms with Crippen molar-refractivity contribution >= 4 is 21.8 Å². The van der Waals surface area contributed by atoms with Crippen LogP contribution in [0.1, 0.15) is 6.42 Å². The maximum atomic E-state index is 12.0. The van der Waals surface area contributed by atoms with Crippen LogP contribution in [0.3, 0.4) is 0 Å². The number of nitrogens with zero attached hydrogens (tertiary/aromatic N) is 1. The van der Waals surface area contributed by atoms with E-state index in [1.165, 1.54) is 4.90 Å². The van der Waals surface area contributed by atoms with Crippen LogP contribution in [0.5, 0.6) is 0 Å². The summed E-state index contributed by atoms with van der Waals surface area (Å²) in [6.07, 6.45) is -6.03. The Kier molecular flexibility index (Phi) is 4.39. The monoisotopic (exact) mass is 289 g/mol. The molecule has 1 fully saturated rings. The molecule has 88 valence electrons. The molecule has 0 N–H and O–H groups in total. The molecule has 0 radical (unpaired) electrons. The predicted molar refractivity (Wildman–Crippen MR) is 50.8 cm³/mol. The minimum Gasteiger partial charge on any atom is -0.374 e. The first-order chi connectivity index (χ1) is 6.92. The number of alkyl halides is 4. The second kappa shape index (κ2) is 5.16. The Bertz CT molecular complexity index is 234. The topological polar surface area (TPSA) is 29.5 Å². The average molecular weight is 290 g/mol. The van der Waals surface area contributed by atoms with Crippen molar-refractivity contribution in [3.05, 3.63) is 0 Å². The molecule has 1 saturated heterocycles. The van der Waals surface area contributed by atoms with Gasteiger partial charge < -0.3 is 9.64 Å². The zero-order valence-corrected chi connectivity index (χ0v) is 9.47. The van der Waals surface area contributed by atoms with Crippen LogP contribution < -0.4 is 0 Å². The first kappa shape index (κ1) is 12.8. The molecule has 1 unspecified atom stereocenters. The minimum absolute atomic E-state index is 0.212. The highest BCUT2D eigenvalue weighted by Gasteiger charge is 2.34. The third kappa shape index (κ3) is 4.38. The summed E-state index contributed by atoms with van der Waals surface area (Å²) in [4.78, 5) is 12.4. The van der Waals surface area contributed by atoms with Crippen LogP contribution in [-0.4, -0.2) is 48.1 Å². The summed E-state index contributed by atoms with van der Waals surface area (Å²) in [6, 6.07) is 0. The number of morpholine rings is 1. The van der Waals surface area contributed by atoms with Crippen LogP contribution >= 0.6 is 15.9 Å². The van der Waals surface area contributed by atoms with Crippen molar-refractivity contribution in [1.29, 1.82) is 0 Å². The van der Waals surface area contributed by atoms with E-state index in [-0.39, 0.29) is 19.2 Å². The molecule has 1 aliphatic rings. The van der Waals surface area contributed by atoms with Gasteiger partial charge in [0.15, 0.2) is 0 Å². The minimum atomic E-state index is -4.43. The van der Waals surface area contributed by atoms with Gasteiger partial charge in [0.2, 0.25) is 5.91 Å². The van der Waals surface area contributed by atoms with Gasteiger partial charge in [0.05, 0.1) is 12.7 Å². The van der Waals surface area contributed by atoms with Gasteiger partial charge in [0.25, 0.3) is 0 Å². The van der Waals surface area contributed by atoms with Crippen molar-refractivity contribution in [1.82, 2.24) is 4.90 Å². The molecule has 15 heavy (non-hydrogen) atoms. The molecule has 0 aromatic rings. The van der Waals surface area contributed by atoms with E-state index < -0.39 is 18.5 Å². The Morgan fingerprint density at radius 3 is 2.73 bits per heavy atom. The Morgan fingerprint density at radius 2 is 2.20 bits per heavy atom. The van der Waals surface area contributed by atoms with E-state index in [9.17, 15) is 18.0 Å². The number of amides is 1. The molecule has 0 saturated carbocycles. The third-order valence-corrected chi connectivity index (χ3v) is 2.74. The molecule has 1 heterocycles. The molecule has 0 spiro atoms. The van der Waals surface area contributed by atoms with Gasteiger partial charge in [-0.05, 0) is 0 Å². The van der Waals surface area contributed by atoms with Gasteiger partial charge in [-0.15, -0.1) is 0 Å². The Morgan fingerprint density at radius 1 is 1.53 bits per heavy atom. The molecular weight excluding hydrogens is 279 g/mol. The van der Waals surface area contributed by atoms with Crippen molar-refractivity contribution in [3.63, 3.8) is 0 Å². The van der Waals surface area contributed by atoms with Gasteiger partial charge >= 0.3 is 6.18 Å². The normalized spacial score (nSPS) is 22.9. The fourth-order valence-electron chi connectivity index (χ4n) is 1.32. The summed E-state index contributed by atoms with van der Waals surface area (Å²) in [5.41, 5.74) is 0. The number of hydrogen-bond donors (Lipinski definition) is 0. The zero-order valence-electron chi connectivity index (χ0n) is 7.89. The van der Waals surface area contributed by atoms with Crippen LogP contribution in [0.25, 0.3) is 0 Å². The van der Waals surface area contributed by atoms with Gasteiger partial charge in [0, 0.05) is 18.4 Å². The second-order valence-corrected chi connectivity index (χ2v) is 3.93. The summed E-state index contributed by atoms with van der Waals surface area (Å²) >= 11 is 3.16. The van der Waals surface area contributed by atoms with E-state index in [0.29, 0.717) is 11.9 Å². The highest BCUT2D eigenvalue weighted by molar-refractivity contribution is 9.09. The van der Waals surface area contributed by atoms with Gasteiger partial charge in [-0.2, -0.15) is 13.2 Å². The molecule has 0 bridgehead atoms. The molecule has 3 nitrogen and oxygen atoms in total. The van der Waals surface area contributed by atoms with Crippen molar-refractivity contribution < 1.29 is 22.7 Å². The van der Waals surface area contributed by atoms with Crippen LogP contribution in [0, 0.1) is 0 Å². The SMILES string of the molecule is O=C(CC(F)(F)F)N1CCOC(CBr)C1. The maximum Gasteiger partial charge on any atom is 0.397 e. The zero-order chi connectivity index (χ0) is 11.5. The van der Waals surface area contributed by atoms with E-state index in [1.807, 2.05) is 0 Å². The first-order valence-electron chi connectivity index (χ1n) is 4.44.